The first kappa shape index (κ1) is 26.0. The number of nitrogens with zero attached hydrogens (tertiary/aromatic N) is 1. The molecule has 1 amide bonds. The Morgan fingerprint density at radius 3 is 2.26 bits per heavy atom. The summed E-state index contributed by atoms with van der Waals surface area (Å²) in [6.07, 6.45) is 5.65. The lowest BCUT2D eigenvalue weighted by molar-refractivity contribution is -0.121. The highest BCUT2D eigenvalue weighted by Gasteiger charge is 2.24. The molecule has 0 saturated carbocycles. The maximum Gasteiger partial charge on any atom is 0.243 e. The summed E-state index contributed by atoms with van der Waals surface area (Å²) in [4.78, 5) is 12.6. The first-order chi connectivity index (χ1) is 16.4. The summed E-state index contributed by atoms with van der Waals surface area (Å²) in [5, 5.41) is 2.94. The van der Waals surface area contributed by atoms with Gasteiger partial charge in [0, 0.05) is 26.1 Å². The van der Waals surface area contributed by atoms with Crippen molar-refractivity contribution >= 4 is 15.9 Å². The molecule has 8 heteroatoms. The highest BCUT2D eigenvalue weighted by Crippen LogP contribution is 2.28. The Balaban J connectivity index is 1.45. The number of sulfonamides is 1. The molecule has 2 aromatic rings. The average Bonchev–Trinajstić information content (AvgIpc) is 3.14. The molecule has 34 heavy (non-hydrogen) atoms. The Morgan fingerprint density at radius 1 is 0.941 bits per heavy atom. The van der Waals surface area contributed by atoms with Gasteiger partial charge in [-0.1, -0.05) is 31.0 Å². The Bertz CT molecular complexity index is 1030. The number of carbonyl (C=O) groups excluding carboxylic acids is 1. The summed E-state index contributed by atoms with van der Waals surface area (Å²) < 4.78 is 38.3. The zero-order valence-corrected chi connectivity index (χ0v) is 21.0. The fraction of sp³-hybridized carbons (Fsp3) is 0.500. The third-order valence-electron chi connectivity index (χ3n) is 6.03. The van der Waals surface area contributed by atoms with E-state index in [1.54, 1.807) is 23.5 Å². The number of ether oxygens (including phenoxy) is 2. The molecule has 1 aliphatic heterocycles. The summed E-state index contributed by atoms with van der Waals surface area (Å²) in [6, 6.07) is 12.7. The van der Waals surface area contributed by atoms with E-state index in [0.29, 0.717) is 61.9 Å². The molecule has 7 nitrogen and oxygen atoms in total. The third kappa shape index (κ3) is 7.21. The van der Waals surface area contributed by atoms with Crippen LogP contribution in [0.25, 0.3) is 0 Å². The number of hydrogen-bond donors (Lipinski definition) is 1. The van der Waals surface area contributed by atoms with Gasteiger partial charge in [0.15, 0.2) is 11.5 Å². The molecule has 1 saturated heterocycles. The molecule has 0 spiro atoms. The van der Waals surface area contributed by atoms with E-state index in [4.69, 9.17) is 9.47 Å². The molecule has 0 aromatic heterocycles. The Hall–Kier alpha value is -2.58. The van der Waals surface area contributed by atoms with Gasteiger partial charge in [-0.25, -0.2) is 8.42 Å². The number of hydrogen-bond acceptors (Lipinski definition) is 5. The van der Waals surface area contributed by atoms with Crippen molar-refractivity contribution in [2.45, 2.75) is 56.8 Å². The third-order valence-corrected chi connectivity index (χ3v) is 7.94. The first-order valence-electron chi connectivity index (χ1n) is 12.1. The van der Waals surface area contributed by atoms with Gasteiger partial charge in [0.25, 0.3) is 0 Å². The van der Waals surface area contributed by atoms with E-state index in [0.717, 1.165) is 36.8 Å². The molecule has 1 fully saturated rings. The standard InChI is InChI=1S/C26H36N2O5S/c1-3-33-24-14-10-22(20-25(24)32-2)11-15-26(29)27-17-16-21-8-12-23(13-9-21)34(30,31)28-18-6-4-5-7-19-28/h8-10,12-14,20H,3-7,11,15-19H2,1-2H3,(H,27,29). The largest absolute Gasteiger partial charge is 0.493 e. The Labute approximate surface area is 203 Å². The van der Waals surface area contributed by atoms with Crippen LogP contribution in [-0.2, 0) is 27.7 Å². The van der Waals surface area contributed by atoms with E-state index in [-0.39, 0.29) is 5.91 Å². The molecular formula is C26H36N2O5S. The predicted octanol–water partition coefficient (Wildman–Crippen LogP) is 3.95. The van der Waals surface area contributed by atoms with Crippen molar-refractivity contribution in [3.05, 3.63) is 53.6 Å². The quantitative estimate of drug-likeness (QED) is 0.518. The molecule has 2 aromatic carbocycles. The Morgan fingerprint density at radius 2 is 1.62 bits per heavy atom. The predicted molar refractivity (Wildman–Crippen MR) is 133 cm³/mol. The van der Waals surface area contributed by atoms with Crippen LogP contribution >= 0.6 is 0 Å². The lowest BCUT2D eigenvalue weighted by Gasteiger charge is -2.20. The first-order valence-corrected chi connectivity index (χ1v) is 13.5. The molecule has 1 heterocycles. The number of methoxy groups -OCH3 is 1. The summed E-state index contributed by atoms with van der Waals surface area (Å²) in [5.74, 6) is 1.35. The van der Waals surface area contributed by atoms with Crippen LogP contribution in [0.5, 0.6) is 11.5 Å². The number of nitrogens with one attached hydrogen (secondary N) is 1. The van der Waals surface area contributed by atoms with E-state index in [1.807, 2.05) is 37.3 Å². The normalized spacial score (nSPS) is 14.9. The lowest BCUT2D eigenvalue weighted by atomic mass is 10.1. The van der Waals surface area contributed by atoms with Crippen molar-refractivity contribution in [3.8, 4) is 11.5 Å². The molecule has 0 unspecified atom stereocenters. The molecule has 0 atom stereocenters. The Kier molecular flexibility index (Phi) is 9.77. The zero-order valence-electron chi connectivity index (χ0n) is 20.2. The summed E-state index contributed by atoms with van der Waals surface area (Å²) in [5.41, 5.74) is 2.00. The van der Waals surface area contributed by atoms with E-state index < -0.39 is 10.0 Å². The molecule has 0 aliphatic carbocycles. The molecule has 0 radical (unpaired) electrons. The molecule has 0 bridgehead atoms. The smallest absolute Gasteiger partial charge is 0.243 e. The van der Waals surface area contributed by atoms with Crippen LogP contribution in [0.15, 0.2) is 47.4 Å². The van der Waals surface area contributed by atoms with E-state index in [1.165, 1.54) is 0 Å². The van der Waals surface area contributed by atoms with E-state index in [2.05, 4.69) is 5.32 Å². The second-order valence-electron chi connectivity index (χ2n) is 8.48. The topological polar surface area (TPSA) is 84.9 Å². The SMILES string of the molecule is CCOc1ccc(CCC(=O)NCCc2ccc(S(=O)(=O)N3CCCCCC3)cc2)cc1OC. The highest BCUT2D eigenvalue weighted by molar-refractivity contribution is 7.89. The number of rotatable bonds is 11. The van der Waals surface area contributed by atoms with Crippen LogP contribution in [0.2, 0.25) is 0 Å². The van der Waals surface area contributed by atoms with Gasteiger partial charge in [-0.05, 0) is 68.0 Å². The fourth-order valence-electron chi connectivity index (χ4n) is 4.09. The summed E-state index contributed by atoms with van der Waals surface area (Å²) >= 11 is 0. The lowest BCUT2D eigenvalue weighted by Crippen LogP contribution is -2.31. The van der Waals surface area contributed by atoms with Gasteiger partial charge in [-0.15, -0.1) is 0 Å². The van der Waals surface area contributed by atoms with Crippen molar-refractivity contribution in [1.82, 2.24) is 9.62 Å². The number of aryl methyl sites for hydroxylation is 1. The van der Waals surface area contributed by atoms with Crippen molar-refractivity contribution in [3.63, 3.8) is 0 Å². The van der Waals surface area contributed by atoms with Gasteiger partial charge in [-0.3, -0.25) is 4.79 Å². The van der Waals surface area contributed by atoms with Crippen LogP contribution in [0, 0.1) is 0 Å². The minimum absolute atomic E-state index is 0.0202. The van der Waals surface area contributed by atoms with Gasteiger partial charge in [0.05, 0.1) is 18.6 Å². The van der Waals surface area contributed by atoms with E-state index >= 15 is 0 Å². The zero-order chi connectivity index (χ0) is 24.4. The second kappa shape index (κ2) is 12.8. The minimum atomic E-state index is -3.43. The monoisotopic (exact) mass is 488 g/mol. The molecule has 1 N–H and O–H groups in total. The number of carbonyl (C=O) groups is 1. The minimum Gasteiger partial charge on any atom is -0.493 e. The van der Waals surface area contributed by atoms with Crippen LogP contribution in [0.1, 0.15) is 50.2 Å². The average molecular weight is 489 g/mol. The van der Waals surface area contributed by atoms with Crippen molar-refractivity contribution in [1.29, 1.82) is 0 Å². The number of benzene rings is 2. The summed E-state index contributed by atoms with van der Waals surface area (Å²) in [6.45, 7) is 4.18. The van der Waals surface area contributed by atoms with Crippen molar-refractivity contribution < 1.29 is 22.7 Å². The molecular weight excluding hydrogens is 452 g/mol. The van der Waals surface area contributed by atoms with Crippen LogP contribution < -0.4 is 14.8 Å². The van der Waals surface area contributed by atoms with Crippen LogP contribution in [0.4, 0.5) is 0 Å². The molecule has 186 valence electrons. The molecule has 1 aliphatic rings. The second-order valence-corrected chi connectivity index (χ2v) is 10.4. The van der Waals surface area contributed by atoms with Crippen LogP contribution in [0.3, 0.4) is 0 Å². The van der Waals surface area contributed by atoms with Gasteiger partial charge in [0.2, 0.25) is 15.9 Å². The van der Waals surface area contributed by atoms with Gasteiger partial charge >= 0.3 is 0 Å². The van der Waals surface area contributed by atoms with E-state index in [9.17, 15) is 13.2 Å². The van der Waals surface area contributed by atoms with Crippen molar-refractivity contribution in [2.75, 3.05) is 33.4 Å². The van der Waals surface area contributed by atoms with Crippen molar-refractivity contribution in [2.24, 2.45) is 0 Å². The number of amides is 1. The van der Waals surface area contributed by atoms with Gasteiger partial charge in [-0.2, -0.15) is 4.31 Å². The van der Waals surface area contributed by atoms with Crippen LogP contribution in [-0.4, -0.2) is 52.0 Å². The maximum atomic E-state index is 12.9. The molecule has 3 rings (SSSR count). The maximum absolute atomic E-state index is 12.9. The highest BCUT2D eigenvalue weighted by atomic mass is 32.2. The summed E-state index contributed by atoms with van der Waals surface area (Å²) in [7, 11) is -1.83. The fourth-order valence-corrected chi connectivity index (χ4v) is 5.61. The van der Waals surface area contributed by atoms with Gasteiger partial charge < -0.3 is 14.8 Å². The van der Waals surface area contributed by atoms with Gasteiger partial charge in [0.1, 0.15) is 0 Å².